The summed E-state index contributed by atoms with van der Waals surface area (Å²) in [5.41, 5.74) is -0.789. The zero-order valence-electron chi connectivity index (χ0n) is 16.9. The van der Waals surface area contributed by atoms with Crippen LogP contribution in [0.25, 0.3) is 0 Å². The molecule has 0 aromatic heterocycles. The number of guanidine groups is 1. The number of benzene rings is 1. The van der Waals surface area contributed by atoms with Gasteiger partial charge in [0.1, 0.15) is 18.5 Å². The minimum absolute atomic E-state index is 0.0553. The van der Waals surface area contributed by atoms with Gasteiger partial charge in [0.25, 0.3) is 0 Å². The van der Waals surface area contributed by atoms with Crippen molar-refractivity contribution in [2.24, 2.45) is 10.9 Å². The van der Waals surface area contributed by atoms with Crippen LogP contribution in [0.3, 0.4) is 0 Å². The highest BCUT2D eigenvalue weighted by atomic mass is 19.4. The average Bonchev–Trinajstić information content (AvgIpc) is 3.50. The molecule has 1 aromatic rings. The second-order valence-corrected chi connectivity index (χ2v) is 7.12. The third-order valence-electron chi connectivity index (χ3n) is 4.37. The van der Waals surface area contributed by atoms with Crippen LogP contribution in [-0.2, 0) is 10.9 Å². The van der Waals surface area contributed by atoms with E-state index in [1.54, 1.807) is 0 Å². The van der Waals surface area contributed by atoms with E-state index in [1.807, 2.05) is 18.9 Å². The van der Waals surface area contributed by atoms with Crippen LogP contribution >= 0.6 is 0 Å². The number of halogens is 3. The maximum absolute atomic E-state index is 12.7. The van der Waals surface area contributed by atoms with Crippen LogP contribution in [0, 0.1) is 5.92 Å². The van der Waals surface area contributed by atoms with Crippen LogP contribution < -0.4 is 10.1 Å². The van der Waals surface area contributed by atoms with Gasteiger partial charge >= 0.3 is 6.18 Å². The predicted molar refractivity (Wildman–Crippen MR) is 105 cm³/mol. The van der Waals surface area contributed by atoms with E-state index in [0.717, 1.165) is 18.7 Å². The molecule has 0 spiro atoms. The van der Waals surface area contributed by atoms with Crippen LogP contribution in [0.5, 0.6) is 5.75 Å². The molecule has 1 aromatic carbocycles. The Morgan fingerprint density at radius 1 is 1.38 bits per heavy atom. The summed E-state index contributed by atoms with van der Waals surface area (Å²) in [7, 11) is 1.88. The first kappa shape index (κ1) is 23.3. The predicted octanol–water partition coefficient (Wildman–Crippen LogP) is 2.77. The molecule has 0 heterocycles. The first-order chi connectivity index (χ1) is 13.8. The van der Waals surface area contributed by atoms with E-state index < -0.39 is 17.8 Å². The molecule has 0 bridgehead atoms. The Labute approximate surface area is 169 Å². The lowest BCUT2D eigenvalue weighted by Crippen LogP contribution is -2.41. The van der Waals surface area contributed by atoms with E-state index in [2.05, 4.69) is 10.3 Å². The molecule has 0 amide bonds. The molecule has 164 valence electrons. The monoisotopic (exact) mass is 417 g/mol. The van der Waals surface area contributed by atoms with Gasteiger partial charge in [0.05, 0.1) is 18.7 Å². The number of aliphatic hydroxyl groups excluding tert-OH is 1. The van der Waals surface area contributed by atoms with E-state index in [4.69, 9.17) is 9.47 Å². The summed E-state index contributed by atoms with van der Waals surface area (Å²) in [6.45, 7) is 4.58. The minimum Gasteiger partial charge on any atom is -0.491 e. The molecule has 0 aliphatic heterocycles. The van der Waals surface area contributed by atoms with Gasteiger partial charge in [0.15, 0.2) is 5.96 Å². The quantitative estimate of drug-likeness (QED) is 0.329. The van der Waals surface area contributed by atoms with E-state index in [1.165, 1.54) is 25.0 Å². The normalized spacial score (nSPS) is 15.9. The van der Waals surface area contributed by atoms with Gasteiger partial charge in [-0.1, -0.05) is 6.07 Å². The summed E-state index contributed by atoms with van der Waals surface area (Å²) in [5, 5.41) is 13.2. The van der Waals surface area contributed by atoms with Crippen molar-refractivity contribution in [3.63, 3.8) is 0 Å². The fourth-order valence-corrected chi connectivity index (χ4v) is 2.51. The highest BCUT2D eigenvalue weighted by Crippen LogP contribution is 2.31. The molecule has 1 saturated carbocycles. The molecule has 2 N–H and O–H groups in total. The first-order valence-corrected chi connectivity index (χ1v) is 9.85. The van der Waals surface area contributed by atoms with Gasteiger partial charge in [-0.3, -0.25) is 4.99 Å². The first-order valence-electron chi connectivity index (χ1n) is 9.85. The number of alkyl halides is 3. The molecule has 0 radical (unpaired) electrons. The second-order valence-electron chi connectivity index (χ2n) is 7.12. The molecule has 0 saturated heterocycles. The maximum atomic E-state index is 12.7. The van der Waals surface area contributed by atoms with Gasteiger partial charge in [0.2, 0.25) is 0 Å². The zero-order chi connectivity index (χ0) is 21.3. The van der Waals surface area contributed by atoms with E-state index in [-0.39, 0.29) is 18.9 Å². The van der Waals surface area contributed by atoms with E-state index >= 15 is 0 Å². The van der Waals surface area contributed by atoms with Gasteiger partial charge in [0, 0.05) is 26.7 Å². The van der Waals surface area contributed by atoms with Gasteiger partial charge in [-0.05, 0) is 43.9 Å². The molecular formula is C20H30F3N3O3. The third kappa shape index (κ3) is 8.91. The molecule has 1 aliphatic carbocycles. The molecule has 1 aliphatic rings. The number of hydrogen-bond donors (Lipinski definition) is 2. The summed E-state index contributed by atoms with van der Waals surface area (Å²) >= 11 is 0. The van der Waals surface area contributed by atoms with E-state index in [0.29, 0.717) is 31.6 Å². The van der Waals surface area contributed by atoms with Crippen LogP contribution in [0.15, 0.2) is 29.3 Å². The summed E-state index contributed by atoms with van der Waals surface area (Å²) in [5.74, 6) is 1.40. The minimum atomic E-state index is -4.43. The van der Waals surface area contributed by atoms with E-state index in [9.17, 15) is 18.3 Å². The SMILES string of the molecule is CCNC(=NCC(O)COc1cccc(C(F)(F)F)c1)N(C)CCOCC1CC1. The molecule has 6 nitrogen and oxygen atoms in total. The number of nitrogens with zero attached hydrogens (tertiary/aromatic N) is 2. The van der Waals surface area contributed by atoms with Crippen LogP contribution in [0.1, 0.15) is 25.3 Å². The third-order valence-corrected chi connectivity index (χ3v) is 4.37. The molecular weight excluding hydrogens is 387 g/mol. The molecule has 1 fully saturated rings. The Bertz CT molecular complexity index is 651. The van der Waals surface area contributed by atoms with Crippen LogP contribution in [0.4, 0.5) is 13.2 Å². The molecule has 9 heteroatoms. The van der Waals surface area contributed by atoms with Crippen molar-refractivity contribution in [2.45, 2.75) is 32.0 Å². The summed E-state index contributed by atoms with van der Waals surface area (Å²) in [4.78, 5) is 6.29. The number of aliphatic imine (C=N–C) groups is 1. The lowest BCUT2D eigenvalue weighted by molar-refractivity contribution is -0.137. The zero-order valence-corrected chi connectivity index (χ0v) is 16.9. The van der Waals surface area contributed by atoms with Crippen molar-refractivity contribution in [3.05, 3.63) is 29.8 Å². The second kappa shape index (κ2) is 11.3. The number of aliphatic hydroxyl groups is 1. The van der Waals surface area contributed by atoms with Gasteiger partial charge < -0.3 is 24.8 Å². The fourth-order valence-electron chi connectivity index (χ4n) is 2.51. The highest BCUT2D eigenvalue weighted by Gasteiger charge is 2.30. The van der Waals surface area contributed by atoms with Gasteiger partial charge in [-0.15, -0.1) is 0 Å². The smallest absolute Gasteiger partial charge is 0.416 e. The molecule has 29 heavy (non-hydrogen) atoms. The number of rotatable bonds is 11. The topological polar surface area (TPSA) is 66.3 Å². The standard InChI is InChI=1S/C20H30F3N3O3/c1-3-24-19(26(2)9-10-28-13-15-7-8-15)25-12-17(27)14-29-18-6-4-5-16(11-18)20(21,22)23/h4-6,11,15,17,27H,3,7-10,12-14H2,1-2H3,(H,24,25). The summed E-state index contributed by atoms with van der Waals surface area (Å²) in [6.07, 6.45) is -2.88. The number of ether oxygens (including phenoxy) is 2. The van der Waals surface area contributed by atoms with Gasteiger partial charge in [-0.25, -0.2) is 0 Å². The Kier molecular flexibility index (Phi) is 9.03. The fraction of sp³-hybridized carbons (Fsp3) is 0.650. The van der Waals surface area contributed by atoms with Crippen molar-refractivity contribution >= 4 is 5.96 Å². The maximum Gasteiger partial charge on any atom is 0.416 e. The largest absolute Gasteiger partial charge is 0.491 e. The number of likely N-dealkylation sites (N-methyl/N-ethyl adjacent to an activating group) is 1. The average molecular weight is 417 g/mol. The number of nitrogens with one attached hydrogen (secondary N) is 1. The Hall–Kier alpha value is -2.00. The Balaban J connectivity index is 1.78. The highest BCUT2D eigenvalue weighted by molar-refractivity contribution is 5.79. The van der Waals surface area contributed by atoms with Crippen molar-refractivity contribution in [1.82, 2.24) is 10.2 Å². The van der Waals surface area contributed by atoms with Crippen molar-refractivity contribution in [3.8, 4) is 5.75 Å². The van der Waals surface area contributed by atoms with Crippen LogP contribution in [0.2, 0.25) is 0 Å². The van der Waals surface area contributed by atoms with Crippen LogP contribution in [-0.4, -0.2) is 68.6 Å². The summed E-state index contributed by atoms with van der Waals surface area (Å²) < 4.78 is 49.1. The Morgan fingerprint density at radius 2 is 2.14 bits per heavy atom. The Morgan fingerprint density at radius 3 is 2.79 bits per heavy atom. The lowest BCUT2D eigenvalue weighted by Gasteiger charge is -2.22. The molecule has 1 unspecified atom stereocenters. The lowest BCUT2D eigenvalue weighted by atomic mass is 10.2. The van der Waals surface area contributed by atoms with Crippen molar-refractivity contribution in [2.75, 3.05) is 46.5 Å². The summed E-state index contributed by atoms with van der Waals surface area (Å²) in [6, 6.07) is 4.58. The molecule has 1 atom stereocenters. The van der Waals surface area contributed by atoms with Gasteiger partial charge in [-0.2, -0.15) is 13.2 Å². The van der Waals surface area contributed by atoms with Crippen molar-refractivity contribution < 1.29 is 27.8 Å². The number of hydrogen-bond acceptors (Lipinski definition) is 4. The molecule has 2 rings (SSSR count). The van der Waals surface area contributed by atoms with Crippen molar-refractivity contribution in [1.29, 1.82) is 0 Å².